The topological polar surface area (TPSA) is 37.6 Å². The van der Waals surface area contributed by atoms with Gasteiger partial charge in [0.15, 0.2) is 0 Å². The van der Waals surface area contributed by atoms with Crippen molar-refractivity contribution in [2.24, 2.45) is 9.98 Å². The Morgan fingerprint density at radius 2 is 2.19 bits per heavy atom. The van der Waals surface area contributed by atoms with Gasteiger partial charge in [0.05, 0.1) is 28.5 Å². The molecule has 0 aliphatic carbocycles. The van der Waals surface area contributed by atoms with E-state index in [1.165, 1.54) is 10.1 Å². The molecule has 0 N–H and O–H groups in total. The standard InChI is InChI=1S/C12H7N3S/c1-2-10-12(14-6-16-10)11-7-3-4-13-5-9(7)15-8(1)11/h1-5H,6H2. The van der Waals surface area contributed by atoms with Crippen molar-refractivity contribution in [1.82, 2.24) is 4.98 Å². The van der Waals surface area contributed by atoms with Crippen LogP contribution in [-0.2, 0) is 0 Å². The van der Waals surface area contributed by atoms with E-state index >= 15 is 0 Å². The molecule has 0 unspecified atom stereocenters. The second-order valence-corrected chi connectivity index (χ2v) is 4.73. The predicted molar refractivity (Wildman–Crippen MR) is 61.0 cm³/mol. The van der Waals surface area contributed by atoms with Gasteiger partial charge in [0.1, 0.15) is 0 Å². The van der Waals surface area contributed by atoms with Crippen molar-refractivity contribution in [2.75, 3.05) is 5.88 Å². The molecular weight excluding hydrogens is 218 g/mol. The Bertz CT molecular complexity index is 811. The number of hydrogen-bond acceptors (Lipinski definition) is 4. The molecule has 0 spiro atoms. The first-order valence-electron chi connectivity index (χ1n) is 5.07. The zero-order valence-electron chi connectivity index (χ0n) is 8.34. The normalized spacial score (nSPS) is 14.8. The maximum absolute atomic E-state index is 4.56. The van der Waals surface area contributed by atoms with Crippen molar-refractivity contribution in [1.29, 1.82) is 0 Å². The number of pyridine rings is 1. The summed E-state index contributed by atoms with van der Waals surface area (Å²) in [7, 11) is 0. The highest BCUT2D eigenvalue weighted by Crippen LogP contribution is 2.23. The van der Waals surface area contributed by atoms with Gasteiger partial charge in [0.25, 0.3) is 0 Å². The molecule has 76 valence electrons. The molecule has 0 fully saturated rings. The van der Waals surface area contributed by atoms with Crippen molar-refractivity contribution < 1.29 is 0 Å². The first-order chi connectivity index (χ1) is 7.93. The first-order valence-corrected chi connectivity index (χ1v) is 6.05. The molecule has 1 aromatic heterocycles. The van der Waals surface area contributed by atoms with Gasteiger partial charge in [-0.3, -0.25) is 9.98 Å². The highest BCUT2D eigenvalue weighted by Gasteiger charge is 2.12. The summed E-state index contributed by atoms with van der Waals surface area (Å²) in [6.45, 7) is 0. The van der Waals surface area contributed by atoms with Crippen LogP contribution >= 0.6 is 11.8 Å². The summed E-state index contributed by atoms with van der Waals surface area (Å²) in [6.07, 6.45) is 3.62. The number of benzene rings is 1. The second-order valence-electron chi connectivity index (χ2n) is 3.74. The zero-order chi connectivity index (χ0) is 10.5. The summed E-state index contributed by atoms with van der Waals surface area (Å²) in [5.74, 6) is 0.826. The Morgan fingerprint density at radius 3 is 3.19 bits per heavy atom. The van der Waals surface area contributed by atoms with Gasteiger partial charge in [-0.05, 0) is 18.2 Å². The van der Waals surface area contributed by atoms with E-state index in [1.54, 1.807) is 11.8 Å². The van der Waals surface area contributed by atoms with Crippen LogP contribution in [0.5, 0.6) is 0 Å². The second kappa shape index (κ2) is 2.92. The third kappa shape index (κ3) is 0.971. The third-order valence-electron chi connectivity index (χ3n) is 2.87. The SMILES string of the molecule is c1cc2c(cn1)=Nc1ccc3c(c1=2)=NCS3. The Balaban J connectivity index is 2.41. The molecule has 2 aromatic rings. The van der Waals surface area contributed by atoms with Crippen molar-refractivity contribution in [3.8, 4) is 0 Å². The quantitative estimate of drug-likeness (QED) is 0.578. The van der Waals surface area contributed by atoms with E-state index in [0.717, 1.165) is 27.5 Å². The number of nitrogens with zero attached hydrogens (tertiary/aromatic N) is 3. The predicted octanol–water partition coefficient (Wildman–Crippen LogP) is 1.32. The molecule has 0 atom stereocenters. The van der Waals surface area contributed by atoms with Crippen molar-refractivity contribution >= 4 is 17.4 Å². The highest BCUT2D eigenvalue weighted by atomic mass is 32.2. The number of aromatic nitrogens is 1. The summed E-state index contributed by atoms with van der Waals surface area (Å²) in [6, 6.07) is 6.20. The van der Waals surface area contributed by atoms with Gasteiger partial charge in [-0.15, -0.1) is 11.8 Å². The lowest BCUT2D eigenvalue weighted by Crippen LogP contribution is -2.05. The molecule has 0 amide bonds. The number of fused-ring (bicyclic) bond motifs is 4. The Hall–Kier alpha value is -1.68. The molecule has 1 aromatic carbocycles. The minimum absolute atomic E-state index is 0.826. The van der Waals surface area contributed by atoms with E-state index < -0.39 is 0 Å². The molecule has 3 heterocycles. The highest BCUT2D eigenvalue weighted by molar-refractivity contribution is 7.99. The summed E-state index contributed by atoms with van der Waals surface area (Å²) in [5.41, 5.74) is 1.02. The van der Waals surface area contributed by atoms with Gasteiger partial charge in [-0.1, -0.05) is 0 Å². The molecular formula is C12H7N3S. The van der Waals surface area contributed by atoms with Crippen LogP contribution in [0.2, 0.25) is 0 Å². The number of hydrogen-bond donors (Lipinski definition) is 0. The van der Waals surface area contributed by atoms with Crippen LogP contribution in [0, 0.1) is 10.4 Å². The molecule has 4 heteroatoms. The average molecular weight is 225 g/mol. The van der Waals surface area contributed by atoms with Crippen molar-refractivity contribution in [3.05, 3.63) is 51.7 Å². The van der Waals surface area contributed by atoms with Crippen LogP contribution in [0.25, 0.3) is 0 Å². The molecule has 0 saturated heterocycles. The van der Waals surface area contributed by atoms with Gasteiger partial charge in [0, 0.05) is 21.5 Å². The third-order valence-corrected chi connectivity index (χ3v) is 3.77. The molecule has 3 nitrogen and oxygen atoms in total. The summed E-state index contributed by atoms with van der Waals surface area (Å²) in [4.78, 5) is 14.5. The van der Waals surface area contributed by atoms with E-state index in [9.17, 15) is 0 Å². The maximum Gasteiger partial charge on any atom is 0.0900 e. The monoisotopic (exact) mass is 225 g/mol. The van der Waals surface area contributed by atoms with E-state index in [-0.39, 0.29) is 0 Å². The molecule has 2 aliphatic rings. The molecule has 2 aliphatic heterocycles. The van der Waals surface area contributed by atoms with Crippen LogP contribution in [0.4, 0.5) is 5.69 Å². The van der Waals surface area contributed by atoms with Crippen LogP contribution < -0.4 is 10.7 Å². The van der Waals surface area contributed by atoms with Gasteiger partial charge in [-0.25, -0.2) is 4.99 Å². The zero-order valence-corrected chi connectivity index (χ0v) is 9.16. The lowest BCUT2D eigenvalue weighted by Gasteiger charge is -1.93. The van der Waals surface area contributed by atoms with Gasteiger partial charge in [-0.2, -0.15) is 0 Å². The minimum Gasteiger partial charge on any atom is -0.272 e. The number of rotatable bonds is 0. The van der Waals surface area contributed by atoms with E-state index in [4.69, 9.17) is 0 Å². The Labute approximate surface area is 95.3 Å². The smallest absolute Gasteiger partial charge is 0.0900 e. The Morgan fingerprint density at radius 1 is 1.19 bits per heavy atom. The lowest BCUT2D eigenvalue weighted by molar-refractivity contribution is 1.18. The first kappa shape index (κ1) is 8.47. The summed E-state index contributed by atoms with van der Waals surface area (Å²) < 4.78 is 0. The summed E-state index contributed by atoms with van der Waals surface area (Å²) >= 11 is 1.78. The average Bonchev–Trinajstić information content (AvgIpc) is 2.91. The van der Waals surface area contributed by atoms with Crippen molar-refractivity contribution in [2.45, 2.75) is 4.90 Å². The summed E-state index contributed by atoms with van der Waals surface area (Å²) in [5, 5.41) is 4.40. The van der Waals surface area contributed by atoms with Crippen LogP contribution in [-0.4, -0.2) is 10.9 Å². The van der Waals surface area contributed by atoms with Crippen LogP contribution in [0.3, 0.4) is 0 Å². The fourth-order valence-corrected chi connectivity index (χ4v) is 2.98. The maximum atomic E-state index is 4.56. The molecule has 0 saturated carbocycles. The van der Waals surface area contributed by atoms with Crippen LogP contribution in [0.15, 0.2) is 45.5 Å². The molecule has 0 radical (unpaired) electrons. The number of thioether (sulfide) groups is 1. The fraction of sp³-hybridized carbons (Fsp3) is 0.0833. The largest absolute Gasteiger partial charge is 0.272 e. The lowest BCUT2D eigenvalue weighted by atomic mass is 10.2. The van der Waals surface area contributed by atoms with Gasteiger partial charge < -0.3 is 0 Å². The fourth-order valence-electron chi connectivity index (χ4n) is 2.18. The van der Waals surface area contributed by atoms with E-state index in [0.29, 0.717) is 0 Å². The molecule has 4 rings (SSSR count). The molecule has 16 heavy (non-hydrogen) atoms. The van der Waals surface area contributed by atoms with Gasteiger partial charge >= 0.3 is 0 Å². The Kier molecular flexibility index (Phi) is 1.54. The van der Waals surface area contributed by atoms with Crippen molar-refractivity contribution in [3.63, 3.8) is 0 Å². The van der Waals surface area contributed by atoms with E-state index in [1.807, 2.05) is 18.5 Å². The van der Waals surface area contributed by atoms with Crippen LogP contribution in [0.1, 0.15) is 0 Å². The molecule has 0 bridgehead atoms. The minimum atomic E-state index is 0.826. The van der Waals surface area contributed by atoms with E-state index in [2.05, 4.69) is 27.1 Å². The van der Waals surface area contributed by atoms with Gasteiger partial charge in [0.2, 0.25) is 0 Å².